The molecule has 1 aromatic carbocycles. The van der Waals surface area contributed by atoms with Crippen molar-refractivity contribution >= 4 is 17.5 Å². The van der Waals surface area contributed by atoms with Crippen LogP contribution in [0.4, 0.5) is 8.78 Å². The number of amides is 1. The highest BCUT2D eigenvalue weighted by Gasteiger charge is 2.12. The first-order valence-electron chi connectivity index (χ1n) is 4.05. The van der Waals surface area contributed by atoms with Gasteiger partial charge in [0.25, 0.3) is 12.3 Å². The van der Waals surface area contributed by atoms with Gasteiger partial charge in [-0.25, -0.2) is 8.78 Å². The lowest BCUT2D eigenvalue weighted by Gasteiger charge is -2.06. The monoisotopic (exact) mass is 235 g/mol. The molecule has 1 rings (SSSR count). The molecule has 2 N–H and O–H groups in total. The molecule has 1 amide bonds. The molecule has 0 fully saturated rings. The second-order valence-corrected chi connectivity index (χ2v) is 3.17. The summed E-state index contributed by atoms with van der Waals surface area (Å²) < 4.78 is 23.6. The fourth-order valence-electron chi connectivity index (χ4n) is 0.952. The van der Waals surface area contributed by atoms with Gasteiger partial charge in [0.15, 0.2) is 0 Å². The van der Waals surface area contributed by atoms with Crippen molar-refractivity contribution in [3.63, 3.8) is 0 Å². The summed E-state index contributed by atoms with van der Waals surface area (Å²) >= 11 is 5.65. The molecule has 0 aliphatic carbocycles. The Morgan fingerprint density at radius 2 is 2.20 bits per heavy atom. The molecule has 0 heterocycles. The molecule has 0 aromatic heterocycles. The first-order valence-corrected chi connectivity index (χ1v) is 4.43. The quantitative estimate of drug-likeness (QED) is 0.842. The number of rotatable bonds is 3. The summed E-state index contributed by atoms with van der Waals surface area (Å²) in [7, 11) is 0. The Labute approximate surface area is 89.7 Å². The third-order valence-electron chi connectivity index (χ3n) is 1.61. The summed E-state index contributed by atoms with van der Waals surface area (Å²) in [6, 6.07) is 3.73. The van der Waals surface area contributed by atoms with Gasteiger partial charge in [0, 0.05) is 0 Å². The van der Waals surface area contributed by atoms with Gasteiger partial charge in [-0.2, -0.15) is 0 Å². The number of carbonyl (C=O) groups excluding carboxylic acids is 1. The van der Waals surface area contributed by atoms with Crippen molar-refractivity contribution in [3.8, 4) is 5.75 Å². The second kappa shape index (κ2) is 4.93. The average Bonchev–Trinajstić information content (AvgIpc) is 2.18. The smallest absolute Gasteiger partial charge is 0.255 e. The van der Waals surface area contributed by atoms with Crippen LogP contribution in [0.5, 0.6) is 5.75 Å². The summed E-state index contributed by atoms with van der Waals surface area (Å²) in [6.45, 7) is -0.745. The molecule has 0 radical (unpaired) electrons. The van der Waals surface area contributed by atoms with Crippen LogP contribution < -0.4 is 5.32 Å². The van der Waals surface area contributed by atoms with Crippen molar-refractivity contribution in [3.05, 3.63) is 28.8 Å². The molecule has 6 heteroatoms. The number of phenolic OH excluding ortho intramolecular Hbond substituents is 1. The fraction of sp³-hybridized carbons (Fsp3) is 0.222. The third-order valence-corrected chi connectivity index (χ3v) is 1.94. The van der Waals surface area contributed by atoms with Crippen LogP contribution in [0, 0.1) is 0 Å². The molecule has 0 saturated carbocycles. The Bertz CT molecular complexity index is 371. The number of alkyl halides is 2. The molecule has 3 nitrogen and oxygen atoms in total. The van der Waals surface area contributed by atoms with Crippen molar-refractivity contribution < 1.29 is 18.7 Å². The van der Waals surface area contributed by atoms with E-state index < -0.39 is 18.9 Å². The first kappa shape index (κ1) is 11.7. The Balaban J connectivity index is 2.77. The van der Waals surface area contributed by atoms with Gasteiger partial charge in [0.05, 0.1) is 17.1 Å². The minimum absolute atomic E-state index is 0.0303. The number of hydrogen-bond donors (Lipinski definition) is 2. The molecule has 0 spiro atoms. The normalized spacial score (nSPS) is 10.4. The SMILES string of the molecule is O=C(NCC(F)F)c1cc(O)ccc1Cl. The largest absolute Gasteiger partial charge is 0.508 e. The number of aromatic hydroxyl groups is 1. The van der Waals surface area contributed by atoms with E-state index in [1.54, 1.807) is 0 Å². The van der Waals surface area contributed by atoms with E-state index in [0.717, 1.165) is 6.07 Å². The predicted molar refractivity (Wildman–Crippen MR) is 51.5 cm³/mol. The molecular weight excluding hydrogens is 228 g/mol. The molecule has 0 unspecified atom stereocenters. The van der Waals surface area contributed by atoms with E-state index in [1.807, 2.05) is 5.32 Å². The highest BCUT2D eigenvalue weighted by atomic mass is 35.5. The molecule has 0 atom stereocenters. The third kappa shape index (κ3) is 3.36. The van der Waals surface area contributed by atoms with Crippen molar-refractivity contribution in [2.75, 3.05) is 6.54 Å². The van der Waals surface area contributed by atoms with E-state index in [-0.39, 0.29) is 16.3 Å². The minimum atomic E-state index is -2.62. The Hall–Kier alpha value is -1.36. The Morgan fingerprint density at radius 1 is 1.53 bits per heavy atom. The highest BCUT2D eigenvalue weighted by Crippen LogP contribution is 2.20. The van der Waals surface area contributed by atoms with Gasteiger partial charge in [0.2, 0.25) is 0 Å². The minimum Gasteiger partial charge on any atom is -0.508 e. The maximum Gasteiger partial charge on any atom is 0.255 e. The molecule has 0 aliphatic rings. The van der Waals surface area contributed by atoms with Crippen LogP contribution in [0.1, 0.15) is 10.4 Å². The summed E-state index contributed by atoms with van der Waals surface area (Å²) in [4.78, 5) is 11.3. The van der Waals surface area contributed by atoms with E-state index >= 15 is 0 Å². The topological polar surface area (TPSA) is 49.3 Å². The van der Waals surface area contributed by atoms with Gasteiger partial charge in [0.1, 0.15) is 5.75 Å². The number of halogens is 3. The van der Waals surface area contributed by atoms with Gasteiger partial charge in [-0.05, 0) is 18.2 Å². The highest BCUT2D eigenvalue weighted by molar-refractivity contribution is 6.33. The van der Waals surface area contributed by atoms with Crippen molar-refractivity contribution in [2.45, 2.75) is 6.43 Å². The van der Waals surface area contributed by atoms with Gasteiger partial charge < -0.3 is 10.4 Å². The maximum atomic E-state index is 11.8. The van der Waals surface area contributed by atoms with Gasteiger partial charge in [-0.15, -0.1) is 0 Å². The van der Waals surface area contributed by atoms with E-state index in [4.69, 9.17) is 16.7 Å². The van der Waals surface area contributed by atoms with Crippen molar-refractivity contribution in [1.82, 2.24) is 5.32 Å². The first-order chi connectivity index (χ1) is 7.00. The molecule has 0 aliphatic heterocycles. The van der Waals surface area contributed by atoms with E-state index in [9.17, 15) is 13.6 Å². The molecule has 1 aromatic rings. The van der Waals surface area contributed by atoms with E-state index in [1.165, 1.54) is 12.1 Å². The van der Waals surface area contributed by atoms with Crippen LogP contribution in [0.25, 0.3) is 0 Å². The lowest BCUT2D eigenvalue weighted by Crippen LogP contribution is -2.28. The molecule has 82 valence electrons. The summed E-state index contributed by atoms with van der Waals surface area (Å²) in [5.74, 6) is -0.891. The lowest BCUT2D eigenvalue weighted by molar-refractivity contribution is 0.0891. The van der Waals surface area contributed by atoms with Crippen molar-refractivity contribution in [2.24, 2.45) is 0 Å². The average molecular weight is 236 g/mol. The summed E-state index contributed by atoms with van der Waals surface area (Å²) in [5, 5.41) is 11.2. The number of nitrogens with one attached hydrogen (secondary N) is 1. The Kier molecular flexibility index (Phi) is 3.85. The predicted octanol–water partition coefficient (Wildman–Crippen LogP) is 2.04. The molecule has 0 bridgehead atoms. The summed E-state index contributed by atoms with van der Waals surface area (Å²) in [5.41, 5.74) is -0.0303. The molecule has 15 heavy (non-hydrogen) atoms. The number of carbonyl (C=O) groups is 1. The van der Waals surface area contributed by atoms with E-state index in [0.29, 0.717) is 0 Å². The summed E-state index contributed by atoms with van der Waals surface area (Å²) in [6.07, 6.45) is -2.62. The van der Waals surface area contributed by atoms with Crippen LogP contribution in [0.3, 0.4) is 0 Å². The maximum absolute atomic E-state index is 11.8. The van der Waals surface area contributed by atoms with Crippen LogP contribution in [0.2, 0.25) is 5.02 Å². The van der Waals surface area contributed by atoms with Crippen LogP contribution in [-0.2, 0) is 0 Å². The van der Waals surface area contributed by atoms with Crippen LogP contribution >= 0.6 is 11.6 Å². The van der Waals surface area contributed by atoms with Crippen molar-refractivity contribution in [1.29, 1.82) is 0 Å². The zero-order chi connectivity index (χ0) is 11.4. The zero-order valence-corrected chi connectivity index (χ0v) is 8.26. The van der Waals surface area contributed by atoms with Crippen LogP contribution in [0.15, 0.2) is 18.2 Å². The van der Waals surface area contributed by atoms with Gasteiger partial charge in [-0.3, -0.25) is 4.79 Å². The molecular formula is C9H8ClF2NO2. The van der Waals surface area contributed by atoms with Gasteiger partial charge in [-0.1, -0.05) is 11.6 Å². The second-order valence-electron chi connectivity index (χ2n) is 2.77. The molecule has 0 saturated heterocycles. The van der Waals surface area contributed by atoms with Gasteiger partial charge >= 0.3 is 0 Å². The lowest BCUT2D eigenvalue weighted by atomic mass is 10.2. The fourth-order valence-corrected chi connectivity index (χ4v) is 1.16. The standard InChI is InChI=1S/C9H8ClF2NO2/c10-7-2-1-5(14)3-6(7)9(15)13-4-8(11)12/h1-3,8,14H,4H2,(H,13,15). The van der Waals surface area contributed by atoms with E-state index in [2.05, 4.69) is 0 Å². The Morgan fingerprint density at radius 3 is 2.80 bits per heavy atom. The van der Waals surface area contributed by atoms with Crippen LogP contribution in [-0.4, -0.2) is 24.0 Å². The number of phenols is 1. The number of benzene rings is 1. The number of hydrogen-bond acceptors (Lipinski definition) is 2. The zero-order valence-electron chi connectivity index (χ0n) is 7.51.